The van der Waals surface area contributed by atoms with Crippen LogP contribution in [-0.2, 0) is 9.59 Å². The first kappa shape index (κ1) is 18.7. The molecular formula is C22H22N2O4S2. The number of nitrogens with zero attached hydrogens (tertiary/aromatic N) is 1. The largest absolute Gasteiger partial charge is 0.454 e. The molecule has 30 heavy (non-hydrogen) atoms. The molecular weight excluding hydrogens is 420 g/mol. The van der Waals surface area contributed by atoms with Gasteiger partial charge in [0.2, 0.25) is 12.7 Å². The zero-order valence-corrected chi connectivity index (χ0v) is 18.0. The van der Waals surface area contributed by atoms with Crippen LogP contribution in [0, 0.1) is 23.2 Å². The summed E-state index contributed by atoms with van der Waals surface area (Å²) in [4.78, 5) is 26.8. The fourth-order valence-corrected chi connectivity index (χ4v) is 7.51. The summed E-state index contributed by atoms with van der Waals surface area (Å²) in [5.41, 5.74) is 3.40. The molecule has 5 fully saturated rings. The van der Waals surface area contributed by atoms with Crippen molar-refractivity contribution < 1.29 is 19.1 Å². The number of thiocarbonyl (C=S) groups is 1. The van der Waals surface area contributed by atoms with E-state index in [4.69, 9.17) is 21.7 Å². The van der Waals surface area contributed by atoms with Gasteiger partial charge in [-0.2, -0.15) is 5.01 Å². The van der Waals surface area contributed by atoms with E-state index < -0.39 is 0 Å². The molecule has 1 aromatic carbocycles. The Kier molecular flexibility index (Phi) is 4.19. The van der Waals surface area contributed by atoms with Crippen LogP contribution in [0.5, 0.6) is 11.5 Å². The van der Waals surface area contributed by atoms with Gasteiger partial charge in [-0.15, -0.1) is 0 Å². The number of hydrogen-bond acceptors (Lipinski definition) is 6. The van der Waals surface area contributed by atoms with Crippen LogP contribution in [0.2, 0.25) is 0 Å². The summed E-state index contributed by atoms with van der Waals surface area (Å²) in [6.07, 6.45) is 8.44. The smallest absolute Gasteiger partial charge is 0.285 e. The number of amides is 2. The number of hydrogen-bond donors (Lipinski definition) is 1. The molecule has 0 atom stereocenters. The molecule has 2 heterocycles. The third kappa shape index (κ3) is 2.95. The minimum Gasteiger partial charge on any atom is -0.454 e. The molecule has 1 aromatic rings. The number of fused-ring (bicyclic) bond motifs is 1. The van der Waals surface area contributed by atoms with Gasteiger partial charge in [-0.1, -0.05) is 17.8 Å². The summed E-state index contributed by atoms with van der Waals surface area (Å²) in [5.74, 6) is 3.05. The van der Waals surface area contributed by atoms with Gasteiger partial charge in [-0.25, -0.2) is 0 Å². The molecule has 1 N–H and O–H groups in total. The molecule has 4 bridgehead atoms. The summed E-state index contributed by atoms with van der Waals surface area (Å²) < 4.78 is 11.1. The Morgan fingerprint density at radius 2 is 1.80 bits per heavy atom. The summed E-state index contributed by atoms with van der Waals surface area (Å²) in [6.45, 7) is 0.206. The van der Waals surface area contributed by atoms with Crippen molar-refractivity contribution in [3.05, 3.63) is 28.7 Å². The molecule has 2 amide bonds. The summed E-state index contributed by atoms with van der Waals surface area (Å²) in [7, 11) is 0. The SMILES string of the molecule is O=C1/C(=C\c2ccc3c(c2)OCO3)SC(=S)N1NC(=O)C12CC3CC(CC(C3)C1)C2. The van der Waals surface area contributed by atoms with Gasteiger partial charge in [0.15, 0.2) is 15.8 Å². The number of ether oxygens (including phenoxy) is 2. The first-order valence-electron chi connectivity index (χ1n) is 10.5. The molecule has 0 unspecified atom stereocenters. The van der Waals surface area contributed by atoms with E-state index in [1.807, 2.05) is 18.2 Å². The number of benzene rings is 1. The van der Waals surface area contributed by atoms with E-state index >= 15 is 0 Å². The van der Waals surface area contributed by atoms with Gasteiger partial charge < -0.3 is 9.47 Å². The Morgan fingerprint density at radius 1 is 1.13 bits per heavy atom. The van der Waals surface area contributed by atoms with E-state index in [0.29, 0.717) is 38.5 Å². The molecule has 2 aliphatic heterocycles. The fraction of sp³-hybridized carbons (Fsp3) is 0.500. The average molecular weight is 443 g/mol. The third-order valence-electron chi connectivity index (χ3n) is 7.22. The van der Waals surface area contributed by atoms with Crippen molar-refractivity contribution in [2.75, 3.05) is 6.79 Å². The molecule has 4 aliphatic carbocycles. The highest BCUT2D eigenvalue weighted by atomic mass is 32.2. The lowest BCUT2D eigenvalue weighted by atomic mass is 9.49. The highest BCUT2D eigenvalue weighted by Crippen LogP contribution is 2.60. The normalized spacial score (nSPS) is 34.9. The van der Waals surface area contributed by atoms with E-state index in [2.05, 4.69) is 5.43 Å². The molecule has 4 saturated carbocycles. The zero-order valence-electron chi connectivity index (χ0n) is 16.4. The first-order valence-corrected chi connectivity index (χ1v) is 11.7. The van der Waals surface area contributed by atoms with Crippen LogP contribution in [0.4, 0.5) is 0 Å². The average Bonchev–Trinajstić information content (AvgIpc) is 3.26. The molecule has 156 valence electrons. The van der Waals surface area contributed by atoms with E-state index in [-0.39, 0.29) is 24.0 Å². The molecule has 1 saturated heterocycles. The van der Waals surface area contributed by atoms with Crippen molar-refractivity contribution in [3.8, 4) is 11.5 Å². The Hall–Kier alpha value is -2.06. The van der Waals surface area contributed by atoms with Crippen LogP contribution < -0.4 is 14.9 Å². The van der Waals surface area contributed by atoms with Crippen LogP contribution in [0.1, 0.15) is 44.1 Å². The lowest BCUT2D eigenvalue weighted by molar-refractivity contribution is -0.152. The predicted molar refractivity (Wildman–Crippen MR) is 116 cm³/mol. The van der Waals surface area contributed by atoms with Crippen molar-refractivity contribution in [3.63, 3.8) is 0 Å². The third-order valence-corrected chi connectivity index (χ3v) is 8.52. The Balaban J connectivity index is 1.20. The van der Waals surface area contributed by atoms with Gasteiger partial charge >= 0.3 is 0 Å². The monoisotopic (exact) mass is 442 g/mol. The Bertz CT molecular complexity index is 970. The van der Waals surface area contributed by atoms with Crippen molar-refractivity contribution in [1.29, 1.82) is 0 Å². The van der Waals surface area contributed by atoms with Gasteiger partial charge in [-0.05, 0) is 92.3 Å². The van der Waals surface area contributed by atoms with Crippen LogP contribution >= 0.6 is 24.0 Å². The van der Waals surface area contributed by atoms with Crippen molar-refractivity contribution in [2.45, 2.75) is 38.5 Å². The van der Waals surface area contributed by atoms with Gasteiger partial charge in [0.1, 0.15) is 0 Å². The second kappa shape index (κ2) is 6.72. The van der Waals surface area contributed by atoms with Gasteiger partial charge in [0.25, 0.3) is 5.91 Å². The van der Waals surface area contributed by atoms with E-state index in [1.54, 1.807) is 6.08 Å². The molecule has 0 spiro atoms. The Labute approximate surface area is 184 Å². The summed E-state index contributed by atoms with van der Waals surface area (Å²) in [6, 6.07) is 5.53. The summed E-state index contributed by atoms with van der Waals surface area (Å²) >= 11 is 6.63. The quantitative estimate of drug-likeness (QED) is 0.566. The lowest BCUT2D eigenvalue weighted by Crippen LogP contribution is -2.57. The minimum absolute atomic E-state index is 0.0257. The van der Waals surface area contributed by atoms with Gasteiger partial charge in [-0.3, -0.25) is 15.0 Å². The summed E-state index contributed by atoms with van der Waals surface area (Å²) in [5, 5.41) is 1.26. The molecule has 0 radical (unpaired) electrons. The van der Waals surface area contributed by atoms with Crippen LogP contribution in [0.15, 0.2) is 23.1 Å². The number of carbonyl (C=O) groups is 2. The topological polar surface area (TPSA) is 67.9 Å². The number of thioether (sulfide) groups is 1. The fourth-order valence-electron chi connectivity index (χ4n) is 6.33. The molecule has 0 aromatic heterocycles. The minimum atomic E-state index is -0.320. The highest BCUT2D eigenvalue weighted by molar-refractivity contribution is 8.26. The standard InChI is InChI=1S/C22H22N2O4S2/c25-19-18(7-12-1-2-16-17(6-12)28-11-27-16)30-21(29)24(19)23-20(26)22-8-13-3-14(9-22)5-15(4-13)10-22/h1-2,6-7,13-15H,3-5,8-11H2,(H,23,26)/b18-7+. The van der Waals surface area contributed by atoms with Gasteiger partial charge in [0.05, 0.1) is 10.3 Å². The zero-order chi connectivity index (χ0) is 20.5. The van der Waals surface area contributed by atoms with Gasteiger partial charge in [0, 0.05) is 0 Å². The van der Waals surface area contributed by atoms with Crippen LogP contribution in [0.3, 0.4) is 0 Å². The second-order valence-corrected chi connectivity index (χ2v) is 10.9. The number of hydrazine groups is 1. The highest BCUT2D eigenvalue weighted by Gasteiger charge is 2.55. The predicted octanol–water partition coefficient (Wildman–Crippen LogP) is 3.86. The van der Waals surface area contributed by atoms with Crippen LogP contribution in [-0.4, -0.2) is 27.9 Å². The maximum absolute atomic E-state index is 13.3. The lowest BCUT2D eigenvalue weighted by Gasteiger charge is -2.55. The Morgan fingerprint density at radius 3 is 2.50 bits per heavy atom. The van der Waals surface area contributed by atoms with Crippen molar-refractivity contribution >= 4 is 46.2 Å². The molecule has 8 heteroatoms. The number of rotatable bonds is 3. The van der Waals surface area contributed by atoms with E-state index in [0.717, 1.165) is 24.8 Å². The number of carbonyl (C=O) groups excluding carboxylic acids is 2. The molecule has 7 rings (SSSR count). The maximum atomic E-state index is 13.3. The van der Waals surface area contributed by atoms with Crippen LogP contribution in [0.25, 0.3) is 6.08 Å². The van der Waals surface area contributed by atoms with Crippen molar-refractivity contribution in [2.24, 2.45) is 23.2 Å². The van der Waals surface area contributed by atoms with E-state index in [1.165, 1.54) is 36.0 Å². The van der Waals surface area contributed by atoms with E-state index in [9.17, 15) is 9.59 Å². The number of nitrogens with one attached hydrogen (secondary N) is 1. The molecule has 6 aliphatic rings. The second-order valence-electron chi connectivity index (χ2n) is 9.27. The van der Waals surface area contributed by atoms with Crippen molar-refractivity contribution in [1.82, 2.24) is 10.4 Å². The first-order chi connectivity index (χ1) is 14.5. The molecule has 6 nitrogen and oxygen atoms in total. The maximum Gasteiger partial charge on any atom is 0.285 e.